The Bertz CT molecular complexity index is 370. The summed E-state index contributed by atoms with van der Waals surface area (Å²) in [5.74, 6) is -0.404. The lowest BCUT2D eigenvalue weighted by atomic mass is 9.98. The fourth-order valence-electron chi connectivity index (χ4n) is 1.48. The number of esters is 1. The molecule has 1 aromatic heterocycles. The summed E-state index contributed by atoms with van der Waals surface area (Å²) in [4.78, 5) is 19.7. The number of ether oxygens (including phenoxy) is 1. The van der Waals surface area contributed by atoms with E-state index in [-0.39, 0.29) is 5.25 Å². The normalized spacial score (nSPS) is 16.0. The second-order valence-corrected chi connectivity index (χ2v) is 5.48. The van der Waals surface area contributed by atoms with Gasteiger partial charge >= 0.3 is 5.97 Å². The summed E-state index contributed by atoms with van der Waals surface area (Å²) in [6.45, 7) is 3.65. The first-order valence-electron chi connectivity index (χ1n) is 5.26. The molecule has 1 heterocycles. The molecule has 6 heteroatoms. The second kappa shape index (κ2) is 5.97. The van der Waals surface area contributed by atoms with Crippen molar-refractivity contribution in [1.82, 2.24) is 9.97 Å². The number of hydrogen-bond acceptors (Lipinski definition) is 6. The molecule has 0 saturated heterocycles. The first kappa shape index (κ1) is 13.9. The van der Waals surface area contributed by atoms with E-state index in [1.54, 1.807) is 25.4 Å². The number of thioether (sulfide) groups is 1. The van der Waals surface area contributed by atoms with Crippen LogP contribution in [0.3, 0.4) is 0 Å². The lowest BCUT2D eigenvalue weighted by Gasteiger charge is -2.24. The number of carbonyl (C=O) groups excluding carboxylic acids is 1. The van der Waals surface area contributed by atoms with Crippen molar-refractivity contribution in [3.05, 3.63) is 18.5 Å². The van der Waals surface area contributed by atoms with Crippen LogP contribution in [0.15, 0.2) is 23.6 Å². The van der Waals surface area contributed by atoms with Crippen molar-refractivity contribution in [2.45, 2.75) is 36.2 Å². The van der Waals surface area contributed by atoms with Gasteiger partial charge in [0.05, 0.1) is 7.11 Å². The van der Waals surface area contributed by atoms with Crippen LogP contribution >= 0.6 is 11.8 Å². The molecule has 2 unspecified atom stereocenters. The molecule has 0 aromatic carbocycles. The van der Waals surface area contributed by atoms with Crippen LogP contribution < -0.4 is 5.73 Å². The monoisotopic (exact) mass is 255 g/mol. The fraction of sp³-hybridized carbons (Fsp3) is 0.545. The van der Waals surface area contributed by atoms with E-state index in [0.717, 1.165) is 0 Å². The van der Waals surface area contributed by atoms with Crippen LogP contribution in [-0.2, 0) is 9.53 Å². The Morgan fingerprint density at radius 1 is 1.59 bits per heavy atom. The molecule has 94 valence electrons. The van der Waals surface area contributed by atoms with Gasteiger partial charge in [-0.25, -0.2) is 9.97 Å². The zero-order valence-corrected chi connectivity index (χ0v) is 11.0. The topological polar surface area (TPSA) is 78.1 Å². The molecule has 0 fully saturated rings. The summed E-state index contributed by atoms with van der Waals surface area (Å²) in [7, 11) is 1.34. The lowest BCUT2D eigenvalue weighted by molar-refractivity contribution is -0.146. The summed E-state index contributed by atoms with van der Waals surface area (Å²) >= 11 is 1.49. The Balaban J connectivity index is 2.55. The fourth-order valence-corrected chi connectivity index (χ4v) is 2.51. The highest BCUT2D eigenvalue weighted by Crippen LogP contribution is 2.25. The summed E-state index contributed by atoms with van der Waals surface area (Å²) in [5, 5.41) is 0.812. The third-order valence-corrected chi connectivity index (χ3v) is 3.20. The summed E-state index contributed by atoms with van der Waals surface area (Å²) in [6.07, 6.45) is 3.87. The Kier molecular flexibility index (Phi) is 4.89. The van der Waals surface area contributed by atoms with E-state index >= 15 is 0 Å². The number of hydrogen-bond donors (Lipinski definition) is 1. The number of methoxy groups -OCH3 is 1. The average Bonchev–Trinajstić information content (AvgIpc) is 2.28. The molecule has 0 aliphatic carbocycles. The molecular weight excluding hydrogens is 238 g/mol. The molecule has 2 N–H and O–H groups in total. The molecule has 1 rings (SSSR count). The molecule has 0 aliphatic rings. The number of carbonyl (C=O) groups is 1. The van der Waals surface area contributed by atoms with Gasteiger partial charge in [-0.3, -0.25) is 4.79 Å². The number of rotatable bonds is 5. The number of nitrogens with two attached hydrogens (primary N) is 1. The summed E-state index contributed by atoms with van der Waals surface area (Å²) in [6, 6.07) is 1.76. The molecule has 17 heavy (non-hydrogen) atoms. The predicted octanol–water partition coefficient (Wildman–Crippen LogP) is 1.24. The molecular formula is C11H17N3O2S. The zero-order chi connectivity index (χ0) is 12.9. The maximum absolute atomic E-state index is 11.4. The van der Waals surface area contributed by atoms with Gasteiger partial charge in [-0.1, -0.05) is 18.7 Å². The SMILES string of the molecule is COC(=O)C(C)(N)CC(C)Sc1ncccn1. The van der Waals surface area contributed by atoms with Gasteiger partial charge in [0.15, 0.2) is 5.16 Å². The minimum Gasteiger partial charge on any atom is -0.468 e. The highest BCUT2D eigenvalue weighted by Gasteiger charge is 2.31. The molecule has 0 aliphatic heterocycles. The van der Waals surface area contributed by atoms with Crippen molar-refractivity contribution in [2.24, 2.45) is 5.73 Å². The van der Waals surface area contributed by atoms with Crippen LogP contribution in [0.1, 0.15) is 20.3 Å². The van der Waals surface area contributed by atoms with E-state index in [2.05, 4.69) is 14.7 Å². The van der Waals surface area contributed by atoms with E-state index in [1.165, 1.54) is 18.9 Å². The third-order valence-electron chi connectivity index (χ3n) is 2.21. The number of nitrogens with zero attached hydrogens (tertiary/aromatic N) is 2. The smallest absolute Gasteiger partial charge is 0.325 e. The third kappa shape index (κ3) is 4.32. The van der Waals surface area contributed by atoms with Gasteiger partial charge in [0.1, 0.15) is 5.54 Å². The quantitative estimate of drug-likeness (QED) is 0.484. The van der Waals surface area contributed by atoms with Crippen LogP contribution in [0, 0.1) is 0 Å². The lowest BCUT2D eigenvalue weighted by Crippen LogP contribution is -2.47. The van der Waals surface area contributed by atoms with Gasteiger partial charge < -0.3 is 10.5 Å². The highest BCUT2D eigenvalue weighted by molar-refractivity contribution is 7.99. The Morgan fingerprint density at radius 2 is 2.18 bits per heavy atom. The Morgan fingerprint density at radius 3 is 2.71 bits per heavy atom. The standard InChI is InChI=1S/C11H17N3O2S/c1-8(7-11(2,12)9(15)16-3)17-10-13-5-4-6-14-10/h4-6,8H,7,12H2,1-3H3. The van der Waals surface area contributed by atoms with Gasteiger partial charge in [-0.15, -0.1) is 0 Å². The van der Waals surface area contributed by atoms with Gasteiger partial charge in [0, 0.05) is 17.6 Å². The minimum absolute atomic E-state index is 0.131. The maximum atomic E-state index is 11.4. The van der Waals surface area contributed by atoms with Crippen LogP contribution in [-0.4, -0.2) is 33.8 Å². The highest BCUT2D eigenvalue weighted by atomic mass is 32.2. The molecule has 0 spiro atoms. The van der Waals surface area contributed by atoms with Crippen LogP contribution in [0.4, 0.5) is 0 Å². The van der Waals surface area contributed by atoms with Gasteiger partial charge in [0.25, 0.3) is 0 Å². The van der Waals surface area contributed by atoms with E-state index in [9.17, 15) is 4.79 Å². The molecule has 0 amide bonds. The van der Waals surface area contributed by atoms with Crippen molar-refractivity contribution in [1.29, 1.82) is 0 Å². The molecule has 5 nitrogen and oxygen atoms in total. The van der Waals surface area contributed by atoms with Crippen LogP contribution in [0.25, 0.3) is 0 Å². The first-order chi connectivity index (χ1) is 7.95. The van der Waals surface area contributed by atoms with E-state index in [1.807, 2.05) is 6.92 Å². The van der Waals surface area contributed by atoms with Crippen LogP contribution in [0.2, 0.25) is 0 Å². The van der Waals surface area contributed by atoms with Crippen LogP contribution in [0.5, 0.6) is 0 Å². The Labute approximate surface area is 105 Å². The molecule has 1 aromatic rings. The second-order valence-electron chi connectivity index (χ2n) is 4.07. The van der Waals surface area contributed by atoms with Crippen molar-refractivity contribution in [3.8, 4) is 0 Å². The van der Waals surface area contributed by atoms with E-state index in [0.29, 0.717) is 11.6 Å². The predicted molar refractivity (Wildman–Crippen MR) is 66.6 cm³/mol. The zero-order valence-electron chi connectivity index (χ0n) is 10.2. The Hall–Kier alpha value is -1.14. The molecule has 0 radical (unpaired) electrons. The minimum atomic E-state index is -0.976. The van der Waals surface area contributed by atoms with E-state index in [4.69, 9.17) is 5.73 Å². The van der Waals surface area contributed by atoms with Crippen molar-refractivity contribution in [3.63, 3.8) is 0 Å². The number of aromatic nitrogens is 2. The summed E-state index contributed by atoms with van der Waals surface area (Å²) < 4.78 is 4.66. The maximum Gasteiger partial charge on any atom is 0.325 e. The molecule has 2 atom stereocenters. The average molecular weight is 255 g/mol. The van der Waals surface area contributed by atoms with E-state index < -0.39 is 11.5 Å². The van der Waals surface area contributed by atoms with Gasteiger partial charge in [-0.05, 0) is 19.4 Å². The molecule has 0 bridgehead atoms. The van der Waals surface area contributed by atoms with Crippen molar-refractivity contribution >= 4 is 17.7 Å². The van der Waals surface area contributed by atoms with Gasteiger partial charge in [-0.2, -0.15) is 0 Å². The summed E-state index contributed by atoms with van der Waals surface area (Å²) in [5.41, 5.74) is 4.92. The first-order valence-corrected chi connectivity index (χ1v) is 6.14. The largest absolute Gasteiger partial charge is 0.468 e. The van der Waals surface area contributed by atoms with Crippen molar-refractivity contribution in [2.75, 3.05) is 7.11 Å². The van der Waals surface area contributed by atoms with Gasteiger partial charge in [0.2, 0.25) is 0 Å². The molecule has 0 saturated carbocycles. The van der Waals surface area contributed by atoms with Crippen molar-refractivity contribution < 1.29 is 9.53 Å².